The summed E-state index contributed by atoms with van der Waals surface area (Å²) in [6.45, 7) is 2.75. The van der Waals surface area contributed by atoms with Crippen LogP contribution in [-0.2, 0) is 0 Å². The van der Waals surface area contributed by atoms with Gasteiger partial charge in [0.1, 0.15) is 5.69 Å². The third kappa shape index (κ3) is 1.86. The van der Waals surface area contributed by atoms with Crippen molar-refractivity contribution in [3.8, 4) is 0 Å². The van der Waals surface area contributed by atoms with Gasteiger partial charge in [0.05, 0.1) is 0 Å². The molecule has 0 unspecified atom stereocenters. The first kappa shape index (κ1) is 10.9. The van der Waals surface area contributed by atoms with Crippen molar-refractivity contribution in [3.05, 3.63) is 23.5 Å². The number of aromatic nitrogens is 1. The number of likely N-dealkylation sites (tertiary alicyclic amines) is 1. The third-order valence-electron chi connectivity index (χ3n) is 2.82. The van der Waals surface area contributed by atoms with E-state index in [9.17, 15) is 9.59 Å². The highest BCUT2D eigenvalue weighted by molar-refractivity contribution is 5.99. The fourth-order valence-electron chi connectivity index (χ4n) is 1.74. The number of Topliss-reactive ketones (excluding diaryl/α,β-unsaturated/α-hetero) is 1. The smallest absolute Gasteiger partial charge is 0.270 e. The SMILES string of the molecule is CC(=O)c1c[nH]c(C(=O)N2CC(CO)C2)c1. The molecule has 16 heavy (non-hydrogen) atoms. The average Bonchev–Trinajstić information content (AvgIpc) is 2.64. The summed E-state index contributed by atoms with van der Waals surface area (Å²) in [5.74, 6) is 0.0236. The van der Waals surface area contributed by atoms with Crippen molar-refractivity contribution in [1.29, 1.82) is 0 Å². The molecular weight excluding hydrogens is 208 g/mol. The number of H-pyrrole nitrogens is 1. The Morgan fingerprint density at radius 2 is 2.25 bits per heavy atom. The minimum absolute atomic E-state index is 0.0628. The van der Waals surface area contributed by atoms with E-state index in [-0.39, 0.29) is 24.2 Å². The Hall–Kier alpha value is -1.62. The van der Waals surface area contributed by atoms with Crippen molar-refractivity contribution in [2.45, 2.75) is 6.92 Å². The van der Waals surface area contributed by atoms with Crippen LogP contribution in [-0.4, -0.2) is 46.4 Å². The topological polar surface area (TPSA) is 73.4 Å². The minimum atomic E-state index is -0.114. The molecule has 1 fully saturated rings. The molecule has 0 aliphatic carbocycles. The van der Waals surface area contributed by atoms with Gasteiger partial charge in [0.2, 0.25) is 0 Å². The lowest BCUT2D eigenvalue weighted by Gasteiger charge is -2.37. The maximum atomic E-state index is 11.8. The monoisotopic (exact) mass is 222 g/mol. The van der Waals surface area contributed by atoms with Crippen LogP contribution in [0.5, 0.6) is 0 Å². The lowest BCUT2D eigenvalue weighted by Crippen LogP contribution is -2.51. The zero-order valence-corrected chi connectivity index (χ0v) is 9.06. The number of aliphatic hydroxyl groups excluding tert-OH is 1. The Morgan fingerprint density at radius 3 is 2.75 bits per heavy atom. The van der Waals surface area contributed by atoms with Crippen LogP contribution in [0.15, 0.2) is 12.3 Å². The summed E-state index contributed by atoms with van der Waals surface area (Å²) in [5, 5.41) is 8.84. The first-order valence-corrected chi connectivity index (χ1v) is 5.21. The fourth-order valence-corrected chi connectivity index (χ4v) is 1.74. The number of nitrogens with zero attached hydrogens (tertiary/aromatic N) is 1. The molecule has 2 heterocycles. The van der Waals surface area contributed by atoms with E-state index in [0.717, 1.165) is 0 Å². The van der Waals surface area contributed by atoms with Gasteiger partial charge in [0.15, 0.2) is 5.78 Å². The van der Waals surface area contributed by atoms with Gasteiger partial charge in [-0.05, 0) is 13.0 Å². The van der Waals surface area contributed by atoms with Crippen molar-refractivity contribution >= 4 is 11.7 Å². The predicted octanol–water partition coefficient (Wildman–Crippen LogP) is 0.282. The van der Waals surface area contributed by atoms with E-state index in [2.05, 4.69) is 4.98 Å². The molecule has 0 aromatic carbocycles. The molecule has 0 saturated carbocycles. The Morgan fingerprint density at radius 1 is 1.56 bits per heavy atom. The number of nitrogens with one attached hydrogen (secondary N) is 1. The quantitative estimate of drug-likeness (QED) is 0.721. The number of ketones is 1. The van der Waals surface area contributed by atoms with Gasteiger partial charge in [0.25, 0.3) is 5.91 Å². The van der Waals surface area contributed by atoms with E-state index in [1.54, 1.807) is 17.2 Å². The number of rotatable bonds is 3. The molecule has 86 valence electrons. The molecule has 2 N–H and O–H groups in total. The molecule has 2 rings (SSSR count). The Kier molecular flexibility index (Phi) is 2.78. The number of amides is 1. The molecule has 0 bridgehead atoms. The molecule has 0 spiro atoms. The second-order valence-corrected chi connectivity index (χ2v) is 4.12. The van der Waals surface area contributed by atoms with E-state index in [0.29, 0.717) is 24.3 Å². The van der Waals surface area contributed by atoms with Crippen molar-refractivity contribution < 1.29 is 14.7 Å². The minimum Gasteiger partial charge on any atom is -0.396 e. The molecular formula is C11H14N2O3. The first-order valence-electron chi connectivity index (χ1n) is 5.21. The largest absolute Gasteiger partial charge is 0.396 e. The first-order chi connectivity index (χ1) is 7.61. The van der Waals surface area contributed by atoms with Crippen LogP contribution in [0.3, 0.4) is 0 Å². The molecule has 1 saturated heterocycles. The summed E-state index contributed by atoms with van der Waals surface area (Å²) < 4.78 is 0. The number of aromatic amines is 1. The van der Waals surface area contributed by atoms with Crippen LogP contribution in [0.1, 0.15) is 27.8 Å². The number of aliphatic hydroxyl groups is 1. The summed E-state index contributed by atoms with van der Waals surface area (Å²) in [6, 6.07) is 1.57. The molecule has 0 radical (unpaired) electrons. The van der Waals surface area contributed by atoms with E-state index in [4.69, 9.17) is 5.11 Å². The summed E-state index contributed by atoms with van der Waals surface area (Å²) in [7, 11) is 0. The highest BCUT2D eigenvalue weighted by atomic mass is 16.3. The van der Waals surface area contributed by atoms with Gasteiger partial charge < -0.3 is 15.0 Å². The number of carbonyl (C=O) groups excluding carboxylic acids is 2. The average molecular weight is 222 g/mol. The Bertz CT molecular complexity index is 419. The molecule has 5 nitrogen and oxygen atoms in total. The van der Waals surface area contributed by atoms with Crippen molar-refractivity contribution in [2.24, 2.45) is 5.92 Å². The van der Waals surface area contributed by atoms with Gasteiger partial charge in [-0.3, -0.25) is 9.59 Å². The van der Waals surface area contributed by atoms with E-state index < -0.39 is 0 Å². The number of carbonyl (C=O) groups is 2. The van der Waals surface area contributed by atoms with E-state index >= 15 is 0 Å². The molecule has 1 aromatic heterocycles. The summed E-state index contributed by atoms with van der Waals surface area (Å²) in [4.78, 5) is 27.3. The lowest BCUT2D eigenvalue weighted by molar-refractivity contribution is 0.0357. The molecule has 0 atom stereocenters. The summed E-state index contributed by atoms with van der Waals surface area (Å²) >= 11 is 0. The maximum Gasteiger partial charge on any atom is 0.270 e. The fraction of sp³-hybridized carbons (Fsp3) is 0.455. The van der Waals surface area contributed by atoms with E-state index in [1.807, 2.05) is 0 Å². The molecule has 1 amide bonds. The number of hydrogen-bond acceptors (Lipinski definition) is 3. The second kappa shape index (κ2) is 4.09. The van der Waals surface area contributed by atoms with Gasteiger partial charge in [-0.25, -0.2) is 0 Å². The van der Waals surface area contributed by atoms with Gasteiger partial charge in [-0.1, -0.05) is 0 Å². The van der Waals surface area contributed by atoms with Gasteiger partial charge in [-0.15, -0.1) is 0 Å². The summed E-state index contributed by atoms with van der Waals surface area (Å²) in [6.07, 6.45) is 1.54. The summed E-state index contributed by atoms with van der Waals surface area (Å²) in [5.41, 5.74) is 0.948. The van der Waals surface area contributed by atoms with Gasteiger partial charge in [0, 0.05) is 37.4 Å². The lowest BCUT2D eigenvalue weighted by atomic mass is 10.0. The highest BCUT2D eigenvalue weighted by Crippen LogP contribution is 2.18. The zero-order chi connectivity index (χ0) is 11.7. The molecule has 1 aliphatic heterocycles. The predicted molar refractivity (Wildman–Crippen MR) is 57.3 cm³/mol. The zero-order valence-electron chi connectivity index (χ0n) is 9.06. The van der Waals surface area contributed by atoms with Crippen LogP contribution in [0.2, 0.25) is 0 Å². The van der Waals surface area contributed by atoms with Gasteiger partial charge in [-0.2, -0.15) is 0 Å². The standard InChI is InChI=1S/C11H14N2O3/c1-7(15)9-2-10(12-3-9)11(16)13-4-8(5-13)6-14/h2-3,8,12,14H,4-6H2,1H3. The molecule has 1 aromatic rings. The van der Waals surface area contributed by atoms with Crippen molar-refractivity contribution in [2.75, 3.05) is 19.7 Å². The second-order valence-electron chi connectivity index (χ2n) is 4.12. The van der Waals surface area contributed by atoms with Crippen LogP contribution in [0, 0.1) is 5.92 Å². The van der Waals surface area contributed by atoms with Crippen LogP contribution >= 0.6 is 0 Å². The molecule has 1 aliphatic rings. The maximum absolute atomic E-state index is 11.8. The van der Waals surface area contributed by atoms with Crippen LogP contribution in [0.25, 0.3) is 0 Å². The third-order valence-corrected chi connectivity index (χ3v) is 2.82. The van der Waals surface area contributed by atoms with Gasteiger partial charge >= 0.3 is 0 Å². The van der Waals surface area contributed by atoms with Crippen molar-refractivity contribution in [3.63, 3.8) is 0 Å². The van der Waals surface area contributed by atoms with Crippen LogP contribution in [0.4, 0.5) is 0 Å². The Balaban J connectivity index is 2.02. The van der Waals surface area contributed by atoms with E-state index in [1.165, 1.54) is 6.92 Å². The molecule has 5 heteroatoms. The van der Waals surface area contributed by atoms with Crippen molar-refractivity contribution in [1.82, 2.24) is 9.88 Å². The van der Waals surface area contributed by atoms with Crippen LogP contribution < -0.4 is 0 Å². The highest BCUT2D eigenvalue weighted by Gasteiger charge is 2.31. The number of hydrogen-bond donors (Lipinski definition) is 2. The normalized spacial score (nSPS) is 16.0. The Labute approximate surface area is 93.1 Å².